The Morgan fingerprint density at radius 3 is 2.19 bits per heavy atom. The van der Waals surface area contributed by atoms with E-state index in [9.17, 15) is 23.5 Å². The van der Waals surface area contributed by atoms with E-state index in [1.165, 1.54) is 24.3 Å². The van der Waals surface area contributed by atoms with Gasteiger partial charge in [-0.1, -0.05) is 48.5 Å². The molecule has 2 N–H and O–H groups in total. The quantitative estimate of drug-likeness (QED) is 0.208. The number of carboxylic acid groups (broad SMARTS) is 1. The van der Waals surface area contributed by atoms with Gasteiger partial charge in [-0.15, -0.1) is 0 Å². The lowest BCUT2D eigenvalue weighted by molar-refractivity contribution is 0.0696. The summed E-state index contributed by atoms with van der Waals surface area (Å²) in [5, 5.41) is 15.2. The monoisotopic (exact) mass is 560 g/mol. The van der Waals surface area contributed by atoms with Crippen molar-refractivity contribution in [3.63, 3.8) is 0 Å². The summed E-state index contributed by atoms with van der Waals surface area (Å²) in [5.41, 5.74) is 3.82. The van der Waals surface area contributed by atoms with Gasteiger partial charge < -0.3 is 15.0 Å². The first kappa shape index (κ1) is 26.9. The second-order valence-electron chi connectivity index (χ2n) is 10.4. The zero-order valence-corrected chi connectivity index (χ0v) is 22.6. The molecule has 7 heteroatoms. The van der Waals surface area contributed by atoms with E-state index >= 15 is 0 Å². The van der Waals surface area contributed by atoms with Gasteiger partial charge in [-0.2, -0.15) is 0 Å². The molecular formula is C35H26F2N2O3. The van der Waals surface area contributed by atoms with E-state index in [0.29, 0.717) is 28.8 Å². The molecule has 5 nitrogen and oxygen atoms in total. The lowest BCUT2D eigenvalue weighted by Crippen LogP contribution is -2.27. The highest BCUT2D eigenvalue weighted by Crippen LogP contribution is 2.31. The van der Waals surface area contributed by atoms with Gasteiger partial charge >= 0.3 is 5.97 Å². The third-order valence-electron chi connectivity index (χ3n) is 7.47. The fourth-order valence-electron chi connectivity index (χ4n) is 5.35. The SMILES string of the molecule is C[C@H](NC(=O)c1cc(-c2cc(F)cc(F)c2)cc2ccn(Cc3ccc4ccccc4c3)c12)c1ccc(C(=O)O)cc1. The number of rotatable bonds is 7. The van der Waals surface area contributed by atoms with Gasteiger partial charge in [0, 0.05) is 24.2 Å². The van der Waals surface area contributed by atoms with Crippen LogP contribution in [0, 0.1) is 11.6 Å². The first-order valence-electron chi connectivity index (χ1n) is 13.5. The normalized spacial score (nSPS) is 12.0. The number of carboxylic acids is 1. The van der Waals surface area contributed by atoms with Crippen molar-refractivity contribution in [2.75, 3.05) is 0 Å². The predicted molar refractivity (Wildman–Crippen MR) is 160 cm³/mol. The minimum atomic E-state index is -1.03. The number of amides is 1. The standard InChI is InChI=1S/C35H26F2N2O3/c1-21(23-8-10-25(11-9-23)35(41)42)38-34(40)32-18-28(29-16-30(36)19-31(37)17-29)15-27-12-13-39(33(27)32)20-22-6-7-24-4-2-3-5-26(24)14-22/h2-19,21H,20H2,1H3,(H,38,40)(H,41,42)/t21-/m0/s1. The molecule has 5 aromatic carbocycles. The average molecular weight is 561 g/mol. The highest BCUT2D eigenvalue weighted by atomic mass is 19.1. The number of fused-ring (bicyclic) bond motifs is 2. The number of benzene rings is 5. The summed E-state index contributed by atoms with van der Waals surface area (Å²) in [6.45, 7) is 2.32. The van der Waals surface area contributed by atoms with Crippen LogP contribution in [-0.2, 0) is 6.54 Å². The molecule has 0 spiro atoms. The van der Waals surface area contributed by atoms with Crippen LogP contribution in [0.25, 0.3) is 32.8 Å². The van der Waals surface area contributed by atoms with Crippen LogP contribution >= 0.6 is 0 Å². The molecule has 0 radical (unpaired) electrons. The Morgan fingerprint density at radius 1 is 0.786 bits per heavy atom. The zero-order chi connectivity index (χ0) is 29.4. The first-order chi connectivity index (χ1) is 20.2. The lowest BCUT2D eigenvalue weighted by Gasteiger charge is -2.17. The van der Waals surface area contributed by atoms with E-state index in [1.807, 2.05) is 42.0 Å². The molecule has 0 bridgehead atoms. The van der Waals surface area contributed by atoms with Gasteiger partial charge in [-0.25, -0.2) is 13.6 Å². The third-order valence-corrected chi connectivity index (χ3v) is 7.47. The van der Waals surface area contributed by atoms with E-state index in [4.69, 9.17) is 0 Å². The van der Waals surface area contributed by atoms with Crippen molar-refractivity contribution in [2.24, 2.45) is 0 Å². The topological polar surface area (TPSA) is 71.3 Å². The van der Waals surface area contributed by atoms with Crippen LogP contribution in [0.1, 0.15) is 44.8 Å². The molecule has 0 fully saturated rings. The molecule has 6 rings (SSSR count). The summed E-state index contributed by atoms with van der Waals surface area (Å²) >= 11 is 0. The molecule has 1 atom stereocenters. The molecule has 0 aliphatic rings. The number of hydrogen-bond acceptors (Lipinski definition) is 2. The van der Waals surface area contributed by atoms with E-state index in [0.717, 1.165) is 33.4 Å². The third kappa shape index (κ3) is 5.37. The van der Waals surface area contributed by atoms with Gasteiger partial charge in [0.05, 0.1) is 22.7 Å². The minimum absolute atomic E-state index is 0.153. The summed E-state index contributed by atoms with van der Waals surface area (Å²) < 4.78 is 30.2. The Kier molecular flexibility index (Phi) is 7.00. The molecule has 0 saturated carbocycles. The predicted octanol–water partition coefficient (Wildman–Crippen LogP) is 7.98. The molecule has 208 valence electrons. The van der Waals surface area contributed by atoms with E-state index in [2.05, 4.69) is 35.6 Å². The number of hydrogen-bond donors (Lipinski definition) is 2. The number of aromatic nitrogens is 1. The minimum Gasteiger partial charge on any atom is -0.478 e. The van der Waals surface area contributed by atoms with E-state index in [1.54, 1.807) is 18.2 Å². The summed E-state index contributed by atoms with van der Waals surface area (Å²) in [6.07, 6.45) is 1.90. The largest absolute Gasteiger partial charge is 0.478 e. The van der Waals surface area contributed by atoms with Crippen molar-refractivity contribution in [2.45, 2.75) is 19.5 Å². The second-order valence-corrected chi connectivity index (χ2v) is 10.4. The van der Waals surface area contributed by atoms with Crippen LogP contribution in [0.3, 0.4) is 0 Å². The molecule has 0 aliphatic heterocycles. The van der Waals surface area contributed by atoms with Gasteiger partial charge in [0.15, 0.2) is 0 Å². The lowest BCUT2D eigenvalue weighted by atomic mass is 9.99. The van der Waals surface area contributed by atoms with Crippen molar-refractivity contribution in [1.29, 1.82) is 0 Å². The van der Waals surface area contributed by atoms with Crippen LogP contribution in [0.15, 0.2) is 109 Å². The Morgan fingerprint density at radius 2 is 1.48 bits per heavy atom. The van der Waals surface area contributed by atoms with Crippen LogP contribution < -0.4 is 5.32 Å². The summed E-state index contributed by atoms with van der Waals surface area (Å²) in [7, 11) is 0. The fourth-order valence-corrected chi connectivity index (χ4v) is 5.35. The molecule has 0 saturated heterocycles. The molecule has 0 unspecified atom stereocenters. The van der Waals surface area contributed by atoms with E-state index in [-0.39, 0.29) is 11.5 Å². The molecule has 42 heavy (non-hydrogen) atoms. The second kappa shape index (κ2) is 10.9. The fraction of sp³-hybridized carbons (Fsp3) is 0.0857. The average Bonchev–Trinajstić information content (AvgIpc) is 3.38. The van der Waals surface area contributed by atoms with Crippen LogP contribution in [0.2, 0.25) is 0 Å². The van der Waals surface area contributed by atoms with Crippen molar-refractivity contribution in [1.82, 2.24) is 9.88 Å². The molecule has 1 amide bonds. The van der Waals surface area contributed by atoms with Gasteiger partial charge in [0.2, 0.25) is 0 Å². The first-order valence-corrected chi connectivity index (χ1v) is 13.5. The highest BCUT2D eigenvalue weighted by molar-refractivity contribution is 6.08. The summed E-state index contributed by atoms with van der Waals surface area (Å²) in [4.78, 5) is 25.1. The van der Waals surface area contributed by atoms with Gasteiger partial charge in [-0.3, -0.25) is 4.79 Å². The smallest absolute Gasteiger partial charge is 0.335 e. The Labute approximate surface area is 240 Å². The van der Waals surface area contributed by atoms with Gasteiger partial charge in [-0.05, 0) is 88.5 Å². The maximum Gasteiger partial charge on any atom is 0.335 e. The van der Waals surface area contributed by atoms with Crippen molar-refractivity contribution in [3.8, 4) is 11.1 Å². The molecule has 6 aromatic rings. The maximum absolute atomic E-state index is 14.1. The zero-order valence-electron chi connectivity index (χ0n) is 22.6. The van der Waals surface area contributed by atoms with Crippen LogP contribution in [0.5, 0.6) is 0 Å². The Bertz CT molecular complexity index is 1960. The summed E-state index contributed by atoms with van der Waals surface area (Å²) in [5.74, 6) is -2.81. The van der Waals surface area contributed by atoms with Crippen LogP contribution in [-0.4, -0.2) is 21.6 Å². The number of carbonyl (C=O) groups excluding carboxylic acids is 1. The van der Waals surface area contributed by atoms with Crippen molar-refractivity contribution < 1.29 is 23.5 Å². The van der Waals surface area contributed by atoms with Gasteiger partial charge in [0.25, 0.3) is 5.91 Å². The van der Waals surface area contributed by atoms with Gasteiger partial charge in [0.1, 0.15) is 11.6 Å². The number of aromatic carboxylic acids is 1. The maximum atomic E-state index is 14.1. The number of nitrogens with zero attached hydrogens (tertiary/aromatic N) is 1. The Balaban J connectivity index is 1.41. The molecule has 0 aliphatic carbocycles. The van der Waals surface area contributed by atoms with Crippen molar-refractivity contribution in [3.05, 3.63) is 143 Å². The summed E-state index contributed by atoms with van der Waals surface area (Å²) in [6, 6.07) is 28.9. The number of carbonyl (C=O) groups is 2. The van der Waals surface area contributed by atoms with Crippen molar-refractivity contribution >= 4 is 33.6 Å². The number of nitrogens with one attached hydrogen (secondary N) is 1. The number of halogens is 2. The van der Waals surface area contributed by atoms with Crippen LogP contribution in [0.4, 0.5) is 8.78 Å². The Hall–Kier alpha value is -5.30. The van der Waals surface area contributed by atoms with E-state index < -0.39 is 23.6 Å². The highest BCUT2D eigenvalue weighted by Gasteiger charge is 2.20. The molecule has 1 heterocycles. The molecule has 1 aromatic heterocycles. The molecular weight excluding hydrogens is 534 g/mol.